The topological polar surface area (TPSA) is 67.9 Å². The maximum Gasteiger partial charge on any atom is 0.242 e. The van der Waals surface area contributed by atoms with Crippen LogP contribution in [0.5, 0.6) is 11.5 Å². The van der Waals surface area contributed by atoms with Gasteiger partial charge in [-0.15, -0.1) is 12.4 Å². The number of nitrogens with one attached hydrogen (secondary N) is 1. The lowest BCUT2D eigenvalue weighted by Crippen LogP contribution is -2.32. The highest BCUT2D eigenvalue weighted by Crippen LogP contribution is 2.33. The number of hydrogen-bond acceptors (Lipinski definition) is 5. The van der Waals surface area contributed by atoms with Gasteiger partial charge in [0.25, 0.3) is 0 Å². The third-order valence-corrected chi connectivity index (χ3v) is 7.08. The number of benzene rings is 2. The van der Waals surface area contributed by atoms with Gasteiger partial charge in [0, 0.05) is 19.6 Å². The first-order valence-electron chi connectivity index (χ1n) is 9.65. The fourth-order valence-electron chi connectivity index (χ4n) is 3.54. The zero-order valence-corrected chi connectivity index (χ0v) is 19.6. The van der Waals surface area contributed by atoms with Gasteiger partial charge >= 0.3 is 0 Å². The molecule has 0 saturated heterocycles. The van der Waals surface area contributed by atoms with E-state index in [1.807, 2.05) is 0 Å². The molecule has 0 fully saturated rings. The van der Waals surface area contributed by atoms with Crippen molar-refractivity contribution in [2.24, 2.45) is 0 Å². The first-order chi connectivity index (χ1) is 13.9. The van der Waals surface area contributed by atoms with E-state index in [1.165, 1.54) is 17.2 Å². The van der Waals surface area contributed by atoms with Crippen molar-refractivity contribution in [1.29, 1.82) is 0 Å². The molecule has 0 aliphatic carbocycles. The van der Waals surface area contributed by atoms with Crippen LogP contribution in [-0.4, -0.2) is 47.2 Å². The number of halogens is 2. The molecule has 9 heteroatoms. The Labute approximate surface area is 190 Å². The summed E-state index contributed by atoms with van der Waals surface area (Å²) >= 11 is 5.99. The van der Waals surface area contributed by atoms with E-state index in [0.29, 0.717) is 6.54 Å². The third-order valence-electron chi connectivity index (χ3n) is 5.12. The fraction of sp³-hybridized carbons (Fsp3) is 0.429. The summed E-state index contributed by atoms with van der Waals surface area (Å²) < 4.78 is 38.1. The number of rotatable bonds is 9. The second kappa shape index (κ2) is 11.2. The summed E-state index contributed by atoms with van der Waals surface area (Å²) in [6.07, 6.45) is 2.64. The lowest BCUT2D eigenvalue weighted by molar-refractivity contribution is 0.248. The van der Waals surface area contributed by atoms with Crippen molar-refractivity contribution >= 4 is 34.0 Å². The van der Waals surface area contributed by atoms with Crippen molar-refractivity contribution in [2.45, 2.75) is 30.7 Å². The molecule has 2 aromatic carbocycles. The van der Waals surface area contributed by atoms with Crippen molar-refractivity contribution in [3.05, 3.63) is 52.5 Å². The van der Waals surface area contributed by atoms with Crippen molar-refractivity contribution < 1.29 is 17.9 Å². The molecule has 1 aliphatic heterocycles. The molecule has 0 unspecified atom stereocenters. The molecule has 1 heterocycles. The average molecular weight is 475 g/mol. The predicted molar refractivity (Wildman–Crippen MR) is 122 cm³/mol. The van der Waals surface area contributed by atoms with Gasteiger partial charge in [-0.25, -0.2) is 13.1 Å². The normalized spacial score (nSPS) is 14.0. The summed E-state index contributed by atoms with van der Waals surface area (Å²) in [5, 5.41) is 0.235. The molecule has 0 radical (unpaired) electrons. The summed E-state index contributed by atoms with van der Waals surface area (Å²) in [5.74, 6) is 1.52. The smallest absolute Gasteiger partial charge is 0.242 e. The molecule has 0 amide bonds. The van der Waals surface area contributed by atoms with Gasteiger partial charge in [-0.3, -0.25) is 4.90 Å². The average Bonchev–Trinajstić information content (AvgIpc) is 2.72. The number of unbranched alkanes of at least 4 members (excludes halogenated alkanes) is 1. The summed E-state index contributed by atoms with van der Waals surface area (Å²) in [5.41, 5.74) is 2.56. The van der Waals surface area contributed by atoms with Crippen LogP contribution < -0.4 is 14.2 Å². The van der Waals surface area contributed by atoms with Crippen LogP contribution in [0, 0.1) is 0 Å². The highest BCUT2D eigenvalue weighted by Gasteiger charge is 2.20. The zero-order valence-electron chi connectivity index (χ0n) is 17.2. The standard InChI is InChI=1S/C21H27ClN2O4S.ClH/c1-27-19-13-16-9-12-24(15-17(16)14-20(19)28-2)11-6-5-10-23-29(25,26)21-8-4-3-7-18(21)22;/h3-4,7-8,13-14,23H,5-6,9-12,15H2,1-2H3;1H. The maximum atomic E-state index is 12.3. The molecule has 1 aliphatic rings. The van der Waals surface area contributed by atoms with E-state index >= 15 is 0 Å². The SMILES string of the molecule is COc1cc2c(cc1OC)CN(CCCCNS(=O)(=O)c1ccccc1Cl)CC2.Cl. The fourth-order valence-corrected chi connectivity index (χ4v) is 5.13. The molecule has 0 saturated carbocycles. The van der Waals surface area contributed by atoms with E-state index in [2.05, 4.69) is 21.8 Å². The van der Waals surface area contributed by atoms with E-state index in [-0.39, 0.29) is 22.3 Å². The highest BCUT2D eigenvalue weighted by molar-refractivity contribution is 7.89. The number of methoxy groups -OCH3 is 2. The van der Waals surface area contributed by atoms with Gasteiger partial charge in [0.15, 0.2) is 11.5 Å². The Balaban J connectivity index is 0.00000320. The first-order valence-corrected chi connectivity index (χ1v) is 11.5. The van der Waals surface area contributed by atoms with Crippen LogP contribution in [0.15, 0.2) is 41.3 Å². The molecule has 3 rings (SSSR count). The second-order valence-corrected chi connectivity index (χ2v) is 9.18. The van der Waals surface area contributed by atoms with Gasteiger partial charge in [0.1, 0.15) is 4.90 Å². The van der Waals surface area contributed by atoms with Crippen LogP contribution in [0.4, 0.5) is 0 Å². The second-order valence-electron chi connectivity index (χ2n) is 7.04. The van der Waals surface area contributed by atoms with E-state index in [4.69, 9.17) is 21.1 Å². The van der Waals surface area contributed by atoms with Gasteiger partial charge in [0.05, 0.1) is 19.2 Å². The van der Waals surface area contributed by atoms with Gasteiger partial charge in [-0.05, 0) is 61.2 Å². The van der Waals surface area contributed by atoms with E-state index < -0.39 is 10.0 Å². The third kappa shape index (κ3) is 6.02. The van der Waals surface area contributed by atoms with E-state index in [0.717, 1.165) is 50.4 Å². The molecule has 0 atom stereocenters. The molecular formula is C21H28Cl2N2O4S. The monoisotopic (exact) mass is 474 g/mol. The van der Waals surface area contributed by atoms with Crippen LogP contribution in [0.3, 0.4) is 0 Å². The minimum Gasteiger partial charge on any atom is -0.493 e. The van der Waals surface area contributed by atoms with Crippen LogP contribution in [0.1, 0.15) is 24.0 Å². The number of fused-ring (bicyclic) bond motifs is 1. The summed E-state index contributed by atoms with van der Waals surface area (Å²) in [6, 6.07) is 10.6. The molecule has 30 heavy (non-hydrogen) atoms. The molecule has 0 aromatic heterocycles. The van der Waals surface area contributed by atoms with Crippen molar-refractivity contribution in [3.8, 4) is 11.5 Å². The van der Waals surface area contributed by atoms with Gasteiger partial charge in [0.2, 0.25) is 10.0 Å². The van der Waals surface area contributed by atoms with Gasteiger partial charge < -0.3 is 9.47 Å². The Hall–Kier alpha value is -1.51. The number of hydrogen-bond donors (Lipinski definition) is 1. The molecule has 1 N–H and O–H groups in total. The van der Waals surface area contributed by atoms with Crippen LogP contribution >= 0.6 is 24.0 Å². The largest absolute Gasteiger partial charge is 0.493 e. The minimum atomic E-state index is -3.57. The van der Waals surface area contributed by atoms with E-state index in [9.17, 15) is 8.42 Å². The molecular weight excluding hydrogens is 447 g/mol. The Morgan fingerprint density at radius 2 is 1.73 bits per heavy atom. The van der Waals surface area contributed by atoms with Crippen molar-refractivity contribution in [1.82, 2.24) is 9.62 Å². The molecule has 166 valence electrons. The summed E-state index contributed by atoms with van der Waals surface area (Å²) in [4.78, 5) is 2.51. The molecule has 6 nitrogen and oxygen atoms in total. The lowest BCUT2D eigenvalue weighted by atomic mass is 9.98. The lowest BCUT2D eigenvalue weighted by Gasteiger charge is -2.29. The quantitative estimate of drug-likeness (QED) is 0.558. The highest BCUT2D eigenvalue weighted by atomic mass is 35.5. The van der Waals surface area contributed by atoms with Crippen molar-refractivity contribution in [2.75, 3.05) is 33.9 Å². The van der Waals surface area contributed by atoms with Crippen LogP contribution in [-0.2, 0) is 23.0 Å². The summed E-state index contributed by atoms with van der Waals surface area (Å²) in [6.45, 7) is 3.15. The van der Waals surface area contributed by atoms with Crippen LogP contribution in [0.2, 0.25) is 5.02 Å². The number of ether oxygens (including phenoxy) is 2. The van der Waals surface area contributed by atoms with E-state index in [1.54, 1.807) is 32.4 Å². The molecule has 0 spiro atoms. The minimum absolute atomic E-state index is 0. The summed E-state index contributed by atoms with van der Waals surface area (Å²) in [7, 11) is -0.272. The predicted octanol–water partition coefficient (Wildman–Crippen LogP) is 3.90. The van der Waals surface area contributed by atoms with Gasteiger partial charge in [-0.1, -0.05) is 23.7 Å². The maximum absolute atomic E-state index is 12.3. The number of sulfonamides is 1. The Morgan fingerprint density at radius 1 is 1.07 bits per heavy atom. The first kappa shape index (κ1) is 24.8. The van der Waals surface area contributed by atoms with Crippen molar-refractivity contribution in [3.63, 3.8) is 0 Å². The zero-order chi connectivity index (χ0) is 20.9. The van der Waals surface area contributed by atoms with Gasteiger partial charge in [-0.2, -0.15) is 0 Å². The Bertz CT molecular complexity index is 954. The molecule has 2 aromatic rings. The van der Waals surface area contributed by atoms with Crippen LogP contribution in [0.25, 0.3) is 0 Å². The Kier molecular flexibility index (Phi) is 9.25. The Morgan fingerprint density at radius 3 is 2.40 bits per heavy atom. The number of nitrogens with zero attached hydrogens (tertiary/aromatic N) is 1. The molecule has 0 bridgehead atoms.